The van der Waals surface area contributed by atoms with Crippen LogP contribution in [-0.2, 0) is 4.79 Å². The summed E-state index contributed by atoms with van der Waals surface area (Å²) < 4.78 is 5.55. The van der Waals surface area contributed by atoms with Gasteiger partial charge in [0.25, 0.3) is 5.91 Å². The molecule has 4 rings (SSSR count). The molecule has 1 fully saturated rings. The SMILES string of the molecule is O=C(COc1cccc(Cl)c1)N1CCN(c2ccc(-c3ccccn3)nn2)CC1. The van der Waals surface area contributed by atoms with Crippen molar-refractivity contribution in [2.45, 2.75) is 0 Å². The molecule has 0 aliphatic carbocycles. The summed E-state index contributed by atoms with van der Waals surface area (Å²) in [6, 6.07) is 16.6. The number of pyridine rings is 1. The zero-order valence-electron chi connectivity index (χ0n) is 15.7. The number of hydrogen-bond donors (Lipinski definition) is 0. The van der Waals surface area contributed by atoms with Gasteiger partial charge in [-0.05, 0) is 42.5 Å². The van der Waals surface area contributed by atoms with Gasteiger partial charge in [-0.1, -0.05) is 23.7 Å². The molecule has 3 aromatic rings. The number of hydrogen-bond acceptors (Lipinski definition) is 6. The molecule has 2 aromatic heterocycles. The fourth-order valence-corrected chi connectivity index (χ4v) is 3.30. The van der Waals surface area contributed by atoms with Gasteiger partial charge in [0, 0.05) is 37.4 Å². The van der Waals surface area contributed by atoms with Gasteiger partial charge in [-0.2, -0.15) is 0 Å². The molecule has 0 unspecified atom stereocenters. The second kappa shape index (κ2) is 8.87. The van der Waals surface area contributed by atoms with Crippen LogP contribution in [-0.4, -0.2) is 58.8 Å². The maximum atomic E-state index is 12.4. The van der Waals surface area contributed by atoms with Gasteiger partial charge in [-0.25, -0.2) is 0 Å². The average molecular weight is 410 g/mol. The Bertz CT molecular complexity index is 960. The van der Waals surface area contributed by atoms with Crippen LogP contribution in [0.3, 0.4) is 0 Å². The first kappa shape index (κ1) is 19.1. The topological polar surface area (TPSA) is 71.5 Å². The predicted molar refractivity (Wildman–Crippen MR) is 111 cm³/mol. The maximum absolute atomic E-state index is 12.4. The Kier molecular flexibility index (Phi) is 5.86. The molecule has 0 N–H and O–H groups in total. The molecule has 1 aliphatic heterocycles. The van der Waals surface area contributed by atoms with Gasteiger partial charge in [0.1, 0.15) is 11.4 Å². The second-order valence-corrected chi connectivity index (χ2v) is 7.04. The van der Waals surface area contributed by atoms with E-state index >= 15 is 0 Å². The number of piperazine rings is 1. The monoisotopic (exact) mass is 409 g/mol. The van der Waals surface area contributed by atoms with Crippen molar-refractivity contribution in [1.29, 1.82) is 0 Å². The number of nitrogens with zero attached hydrogens (tertiary/aromatic N) is 5. The Balaban J connectivity index is 1.29. The Labute approximate surface area is 173 Å². The molecule has 0 atom stereocenters. The molecule has 0 bridgehead atoms. The minimum Gasteiger partial charge on any atom is -0.484 e. The number of benzene rings is 1. The van der Waals surface area contributed by atoms with Crippen molar-refractivity contribution in [2.75, 3.05) is 37.7 Å². The van der Waals surface area contributed by atoms with Crippen LogP contribution < -0.4 is 9.64 Å². The minimum atomic E-state index is -0.0405. The van der Waals surface area contributed by atoms with Crippen molar-refractivity contribution in [2.24, 2.45) is 0 Å². The van der Waals surface area contributed by atoms with Gasteiger partial charge in [-0.3, -0.25) is 9.78 Å². The molecule has 3 heterocycles. The summed E-state index contributed by atoms with van der Waals surface area (Å²) in [5, 5.41) is 9.19. The third-order valence-corrected chi connectivity index (χ3v) is 4.93. The first-order chi connectivity index (χ1) is 14.2. The van der Waals surface area contributed by atoms with Crippen molar-refractivity contribution in [3.05, 3.63) is 65.8 Å². The van der Waals surface area contributed by atoms with Crippen LogP contribution in [0.15, 0.2) is 60.8 Å². The van der Waals surface area contributed by atoms with E-state index in [0.717, 1.165) is 17.2 Å². The fraction of sp³-hybridized carbons (Fsp3) is 0.238. The smallest absolute Gasteiger partial charge is 0.260 e. The van der Waals surface area contributed by atoms with E-state index < -0.39 is 0 Å². The van der Waals surface area contributed by atoms with Crippen LogP contribution >= 0.6 is 11.6 Å². The van der Waals surface area contributed by atoms with E-state index in [9.17, 15) is 4.79 Å². The van der Waals surface area contributed by atoms with Gasteiger partial charge in [0.2, 0.25) is 0 Å². The summed E-state index contributed by atoms with van der Waals surface area (Å²) in [4.78, 5) is 20.6. The molecule has 29 heavy (non-hydrogen) atoms. The van der Waals surface area contributed by atoms with Crippen LogP contribution in [0, 0.1) is 0 Å². The number of ether oxygens (including phenoxy) is 1. The van der Waals surface area contributed by atoms with E-state index in [1.165, 1.54) is 0 Å². The Morgan fingerprint density at radius 3 is 2.52 bits per heavy atom. The second-order valence-electron chi connectivity index (χ2n) is 6.61. The van der Waals surface area contributed by atoms with Crippen LogP contribution in [0.2, 0.25) is 5.02 Å². The summed E-state index contributed by atoms with van der Waals surface area (Å²) >= 11 is 5.93. The van der Waals surface area contributed by atoms with Crippen molar-refractivity contribution >= 4 is 23.3 Å². The molecule has 0 radical (unpaired) electrons. The first-order valence-corrected chi connectivity index (χ1v) is 9.73. The Morgan fingerprint density at radius 1 is 0.966 bits per heavy atom. The fourth-order valence-electron chi connectivity index (χ4n) is 3.12. The highest BCUT2D eigenvalue weighted by molar-refractivity contribution is 6.30. The molecule has 0 spiro atoms. The number of aromatic nitrogens is 3. The van der Waals surface area contributed by atoms with Gasteiger partial charge in [-0.15, -0.1) is 10.2 Å². The molecule has 1 saturated heterocycles. The summed E-state index contributed by atoms with van der Waals surface area (Å²) in [6.45, 7) is 2.61. The van der Waals surface area contributed by atoms with E-state index in [1.54, 1.807) is 35.4 Å². The summed E-state index contributed by atoms with van der Waals surface area (Å²) in [5.74, 6) is 1.35. The molecule has 7 nitrogen and oxygen atoms in total. The predicted octanol–water partition coefficient (Wildman–Crippen LogP) is 2.92. The maximum Gasteiger partial charge on any atom is 0.260 e. The Hall–Kier alpha value is -3.19. The molecule has 1 aromatic carbocycles. The van der Waals surface area contributed by atoms with E-state index in [1.807, 2.05) is 30.3 Å². The minimum absolute atomic E-state index is 0.00107. The molecular formula is C21H20ClN5O2. The summed E-state index contributed by atoms with van der Waals surface area (Å²) in [6.07, 6.45) is 1.73. The molecule has 148 valence electrons. The number of amides is 1. The standard InChI is InChI=1S/C21H20ClN5O2/c22-16-4-3-5-17(14-16)29-15-21(28)27-12-10-26(11-13-27)20-8-7-19(24-25-20)18-6-1-2-9-23-18/h1-9,14H,10-13,15H2. The Morgan fingerprint density at radius 2 is 1.83 bits per heavy atom. The lowest BCUT2D eigenvalue weighted by molar-refractivity contribution is -0.133. The zero-order chi connectivity index (χ0) is 20.1. The third-order valence-electron chi connectivity index (χ3n) is 4.69. The van der Waals surface area contributed by atoms with E-state index in [0.29, 0.717) is 37.0 Å². The van der Waals surface area contributed by atoms with Crippen molar-refractivity contribution < 1.29 is 9.53 Å². The van der Waals surface area contributed by atoms with E-state index in [-0.39, 0.29) is 12.5 Å². The van der Waals surface area contributed by atoms with Crippen LogP contribution in [0.5, 0.6) is 5.75 Å². The number of anilines is 1. The molecule has 8 heteroatoms. The number of halogens is 1. The molecular weight excluding hydrogens is 390 g/mol. The van der Waals surface area contributed by atoms with E-state index in [2.05, 4.69) is 20.1 Å². The van der Waals surface area contributed by atoms with Crippen LogP contribution in [0.4, 0.5) is 5.82 Å². The average Bonchev–Trinajstić information content (AvgIpc) is 2.78. The summed E-state index contributed by atoms with van der Waals surface area (Å²) in [7, 11) is 0. The highest BCUT2D eigenvalue weighted by Crippen LogP contribution is 2.19. The van der Waals surface area contributed by atoms with Crippen molar-refractivity contribution in [3.8, 4) is 17.1 Å². The molecule has 0 saturated carbocycles. The lowest BCUT2D eigenvalue weighted by Crippen LogP contribution is -2.50. The highest BCUT2D eigenvalue weighted by Gasteiger charge is 2.22. The van der Waals surface area contributed by atoms with Crippen LogP contribution in [0.1, 0.15) is 0 Å². The van der Waals surface area contributed by atoms with Crippen LogP contribution in [0.25, 0.3) is 11.4 Å². The number of carbonyl (C=O) groups excluding carboxylic acids is 1. The van der Waals surface area contributed by atoms with Gasteiger partial charge in [0.15, 0.2) is 12.4 Å². The number of rotatable bonds is 5. The lowest BCUT2D eigenvalue weighted by atomic mass is 10.2. The first-order valence-electron chi connectivity index (χ1n) is 9.35. The van der Waals surface area contributed by atoms with Crippen molar-refractivity contribution in [1.82, 2.24) is 20.1 Å². The van der Waals surface area contributed by atoms with Gasteiger partial charge in [0.05, 0.1) is 5.69 Å². The van der Waals surface area contributed by atoms with Gasteiger partial charge < -0.3 is 14.5 Å². The number of carbonyl (C=O) groups is 1. The highest BCUT2D eigenvalue weighted by atomic mass is 35.5. The largest absolute Gasteiger partial charge is 0.484 e. The van der Waals surface area contributed by atoms with Crippen molar-refractivity contribution in [3.63, 3.8) is 0 Å². The zero-order valence-corrected chi connectivity index (χ0v) is 16.5. The third kappa shape index (κ3) is 4.81. The molecule has 1 aliphatic rings. The summed E-state index contributed by atoms with van der Waals surface area (Å²) in [5.41, 5.74) is 1.53. The lowest BCUT2D eigenvalue weighted by Gasteiger charge is -2.35. The van der Waals surface area contributed by atoms with Gasteiger partial charge >= 0.3 is 0 Å². The van der Waals surface area contributed by atoms with E-state index in [4.69, 9.17) is 16.3 Å². The quantitative estimate of drug-likeness (QED) is 0.645. The molecule has 1 amide bonds. The normalized spacial score (nSPS) is 14.0.